The number of aromatic hydroxyl groups is 1. The standard InChI is InChI=1S/C15H13NO4/c17-12-7-14-13(19-9-20-14)6-11(12)15(18)16-8-10-4-2-1-3-5-10/h1-7,17H,8-9H2,(H,16,18). The average molecular weight is 271 g/mol. The lowest BCUT2D eigenvalue weighted by molar-refractivity contribution is 0.0948. The van der Waals surface area contributed by atoms with E-state index in [4.69, 9.17) is 9.47 Å². The molecule has 1 aliphatic rings. The number of hydrogen-bond donors (Lipinski definition) is 2. The van der Waals surface area contributed by atoms with Gasteiger partial charge in [0, 0.05) is 18.7 Å². The number of benzene rings is 2. The average Bonchev–Trinajstić information content (AvgIpc) is 2.92. The molecule has 20 heavy (non-hydrogen) atoms. The summed E-state index contributed by atoms with van der Waals surface area (Å²) in [7, 11) is 0. The van der Waals surface area contributed by atoms with Crippen molar-refractivity contribution >= 4 is 5.91 Å². The molecule has 1 aliphatic heterocycles. The van der Waals surface area contributed by atoms with Gasteiger partial charge in [0.05, 0.1) is 5.56 Å². The van der Waals surface area contributed by atoms with E-state index in [1.807, 2.05) is 30.3 Å². The molecule has 0 saturated carbocycles. The number of phenolic OH excluding ortho intramolecular Hbond substituents is 1. The number of nitrogens with one attached hydrogen (secondary N) is 1. The first kappa shape index (κ1) is 12.3. The second kappa shape index (κ2) is 5.13. The van der Waals surface area contributed by atoms with E-state index in [9.17, 15) is 9.90 Å². The maximum Gasteiger partial charge on any atom is 0.255 e. The van der Waals surface area contributed by atoms with E-state index in [2.05, 4.69) is 5.32 Å². The normalized spacial score (nSPS) is 12.2. The Morgan fingerprint density at radius 3 is 2.60 bits per heavy atom. The smallest absolute Gasteiger partial charge is 0.255 e. The molecular weight excluding hydrogens is 258 g/mol. The molecule has 0 atom stereocenters. The molecule has 2 aromatic carbocycles. The Hall–Kier alpha value is -2.69. The van der Waals surface area contributed by atoms with Crippen molar-refractivity contribution in [2.75, 3.05) is 6.79 Å². The molecule has 5 heteroatoms. The van der Waals surface area contributed by atoms with E-state index in [1.165, 1.54) is 12.1 Å². The molecule has 0 aromatic heterocycles. The van der Waals surface area contributed by atoms with E-state index in [1.54, 1.807) is 0 Å². The van der Waals surface area contributed by atoms with E-state index < -0.39 is 0 Å². The number of rotatable bonds is 3. The van der Waals surface area contributed by atoms with Gasteiger partial charge in [0.1, 0.15) is 5.75 Å². The van der Waals surface area contributed by atoms with E-state index >= 15 is 0 Å². The van der Waals surface area contributed by atoms with Crippen LogP contribution in [0.3, 0.4) is 0 Å². The molecule has 2 N–H and O–H groups in total. The lowest BCUT2D eigenvalue weighted by Crippen LogP contribution is -2.22. The van der Waals surface area contributed by atoms with Crippen molar-refractivity contribution in [3.05, 3.63) is 53.6 Å². The molecule has 3 rings (SSSR count). The summed E-state index contributed by atoms with van der Waals surface area (Å²) in [6, 6.07) is 12.4. The van der Waals surface area contributed by atoms with Crippen LogP contribution in [0.1, 0.15) is 15.9 Å². The van der Waals surface area contributed by atoms with E-state index in [0.717, 1.165) is 5.56 Å². The second-order valence-electron chi connectivity index (χ2n) is 4.39. The van der Waals surface area contributed by atoms with Crippen LogP contribution in [0, 0.1) is 0 Å². The third-order valence-corrected chi connectivity index (χ3v) is 3.03. The van der Waals surface area contributed by atoms with Crippen molar-refractivity contribution in [2.24, 2.45) is 0 Å². The van der Waals surface area contributed by atoms with Crippen molar-refractivity contribution in [2.45, 2.75) is 6.54 Å². The van der Waals surface area contributed by atoms with Gasteiger partial charge >= 0.3 is 0 Å². The number of carbonyl (C=O) groups is 1. The predicted molar refractivity (Wildman–Crippen MR) is 71.8 cm³/mol. The first-order chi connectivity index (χ1) is 9.74. The van der Waals surface area contributed by atoms with Crippen molar-refractivity contribution < 1.29 is 19.4 Å². The van der Waals surface area contributed by atoms with Crippen molar-refractivity contribution in [1.82, 2.24) is 5.32 Å². The van der Waals surface area contributed by atoms with Crippen LogP contribution in [-0.4, -0.2) is 17.8 Å². The molecule has 0 unspecified atom stereocenters. The summed E-state index contributed by atoms with van der Waals surface area (Å²) in [5.41, 5.74) is 1.16. The minimum Gasteiger partial charge on any atom is -0.507 e. The highest BCUT2D eigenvalue weighted by Gasteiger charge is 2.20. The van der Waals surface area contributed by atoms with Crippen LogP contribution >= 0.6 is 0 Å². The van der Waals surface area contributed by atoms with Crippen molar-refractivity contribution in [1.29, 1.82) is 0 Å². The zero-order valence-electron chi connectivity index (χ0n) is 10.6. The van der Waals surface area contributed by atoms with Crippen LogP contribution in [0.15, 0.2) is 42.5 Å². The van der Waals surface area contributed by atoms with Gasteiger partial charge in [-0.2, -0.15) is 0 Å². The fourth-order valence-corrected chi connectivity index (χ4v) is 1.99. The van der Waals surface area contributed by atoms with E-state index in [0.29, 0.717) is 18.0 Å². The summed E-state index contributed by atoms with van der Waals surface area (Å²) >= 11 is 0. The lowest BCUT2D eigenvalue weighted by Gasteiger charge is -2.08. The minimum absolute atomic E-state index is 0.101. The quantitative estimate of drug-likeness (QED) is 0.896. The van der Waals surface area contributed by atoms with Crippen LogP contribution in [0.4, 0.5) is 0 Å². The maximum atomic E-state index is 12.1. The number of hydrogen-bond acceptors (Lipinski definition) is 4. The third kappa shape index (κ3) is 2.38. The molecule has 5 nitrogen and oxygen atoms in total. The fraction of sp³-hybridized carbons (Fsp3) is 0.133. The number of carbonyl (C=O) groups excluding carboxylic acids is 1. The lowest BCUT2D eigenvalue weighted by atomic mass is 10.1. The number of ether oxygens (including phenoxy) is 2. The number of phenols is 1. The van der Waals surface area contributed by atoms with Crippen molar-refractivity contribution in [3.63, 3.8) is 0 Å². The monoisotopic (exact) mass is 271 g/mol. The summed E-state index contributed by atoms with van der Waals surface area (Å²) < 4.78 is 10.3. The SMILES string of the molecule is O=C(NCc1ccccc1)c1cc2c(cc1O)OCO2. The van der Waals surface area contributed by atoms with Gasteiger partial charge in [-0.1, -0.05) is 30.3 Å². The predicted octanol–water partition coefficient (Wildman–Crippen LogP) is 2.05. The molecule has 102 valence electrons. The molecule has 0 saturated heterocycles. The van der Waals surface area contributed by atoms with Crippen LogP contribution in [-0.2, 0) is 6.54 Å². The first-order valence-electron chi connectivity index (χ1n) is 6.19. The van der Waals surface area contributed by atoms with Gasteiger partial charge in [-0.05, 0) is 5.56 Å². The van der Waals surface area contributed by atoms with Gasteiger partial charge in [-0.25, -0.2) is 0 Å². The highest BCUT2D eigenvalue weighted by atomic mass is 16.7. The topological polar surface area (TPSA) is 67.8 Å². The Balaban J connectivity index is 1.74. The third-order valence-electron chi connectivity index (χ3n) is 3.03. The highest BCUT2D eigenvalue weighted by molar-refractivity contribution is 5.97. The molecular formula is C15H13NO4. The molecule has 2 aromatic rings. The van der Waals surface area contributed by atoms with Crippen LogP contribution in [0.2, 0.25) is 0 Å². The summed E-state index contributed by atoms with van der Waals surface area (Å²) in [5, 5.41) is 12.6. The fourth-order valence-electron chi connectivity index (χ4n) is 1.99. The summed E-state index contributed by atoms with van der Waals surface area (Å²) in [5.74, 6) is 0.430. The van der Waals surface area contributed by atoms with Gasteiger partial charge in [-0.15, -0.1) is 0 Å². The molecule has 0 bridgehead atoms. The summed E-state index contributed by atoms with van der Waals surface area (Å²) in [4.78, 5) is 12.1. The Bertz CT molecular complexity index is 640. The maximum absolute atomic E-state index is 12.1. The van der Waals surface area contributed by atoms with Gasteiger partial charge in [-0.3, -0.25) is 4.79 Å². The molecule has 0 aliphatic carbocycles. The Morgan fingerprint density at radius 1 is 1.15 bits per heavy atom. The molecule has 1 amide bonds. The number of fused-ring (bicyclic) bond motifs is 1. The Kier molecular flexibility index (Phi) is 3.16. The van der Waals surface area contributed by atoms with Crippen LogP contribution in [0.5, 0.6) is 17.2 Å². The largest absolute Gasteiger partial charge is 0.507 e. The van der Waals surface area contributed by atoms with Gasteiger partial charge in [0.2, 0.25) is 6.79 Å². The minimum atomic E-state index is -0.357. The van der Waals surface area contributed by atoms with Crippen molar-refractivity contribution in [3.8, 4) is 17.2 Å². The molecule has 1 heterocycles. The molecule has 0 fully saturated rings. The van der Waals surface area contributed by atoms with Gasteiger partial charge in [0.25, 0.3) is 5.91 Å². The van der Waals surface area contributed by atoms with Gasteiger partial charge < -0.3 is 19.9 Å². The summed E-state index contributed by atoms with van der Waals surface area (Å²) in [6.45, 7) is 0.497. The Labute approximate surface area is 115 Å². The summed E-state index contributed by atoms with van der Waals surface area (Å²) in [6.07, 6.45) is 0. The zero-order valence-corrected chi connectivity index (χ0v) is 10.6. The highest BCUT2D eigenvalue weighted by Crippen LogP contribution is 2.37. The zero-order chi connectivity index (χ0) is 13.9. The van der Waals surface area contributed by atoms with Crippen LogP contribution in [0.25, 0.3) is 0 Å². The number of amides is 1. The molecule has 0 spiro atoms. The molecule has 0 radical (unpaired) electrons. The van der Waals surface area contributed by atoms with Gasteiger partial charge in [0.15, 0.2) is 11.5 Å². The second-order valence-corrected chi connectivity index (χ2v) is 4.39. The first-order valence-corrected chi connectivity index (χ1v) is 6.19. The Morgan fingerprint density at radius 2 is 1.85 bits per heavy atom. The van der Waals surface area contributed by atoms with Crippen LogP contribution < -0.4 is 14.8 Å². The van der Waals surface area contributed by atoms with E-state index in [-0.39, 0.29) is 24.0 Å².